The van der Waals surface area contributed by atoms with Gasteiger partial charge in [0.25, 0.3) is 0 Å². The molecule has 0 amide bonds. The molecule has 7 nitrogen and oxygen atoms in total. The highest BCUT2D eigenvalue weighted by Gasteiger charge is 2.19. The fraction of sp³-hybridized carbons (Fsp3) is 0.238. The quantitative estimate of drug-likeness (QED) is 0.593. The molecule has 1 heterocycles. The SMILES string of the molecule is CCNS(=O)(=O)c1ccc(C)c(C(=O)OCc2nc(-c3ccccc3)oc2C)c1. The first-order chi connectivity index (χ1) is 13.8. The van der Waals surface area contributed by atoms with E-state index in [4.69, 9.17) is 9.15 Å². The van der Waals surface area contributed by atoms with E-state index in [1.165, 1.54) is 12.1 Å². The maximum Gasteiger partial charge on any atom is 0.338 e. The fourth-order valence-corrected chi connectivity index (χ4v) is 3.81. The Bertz CT molecular complexity index is 1120. The number of sulfonamides is 1. The molecule has 0 aliphatic rings. The maximum absolute atomic E-state index is 12.6. The van der Waals surface area contributed by atoms with Crippen molar-refractivity contribution >= 4 is 16.0 Å². The molecule has 152 valence electrons. The van der Waals surface area contributed by atoms with Crippen LogP contribution in [0.4, 0.5) is 0 Å². The molecule has 0 atom stereocenters. The van der Waals surface area contributed by atoms with Crippen molar-refractivity contribution in [2.75, 3.05) is 6.54 Å². The minimum absolute atomic E-state index is 0.0147. The summed E-state index contributed by atoms with van der Waals surface area (Å²) in [6.45, 7) is 5.33. The summed E-state index contributed by atoms with van der Waals surface area (Å²) >= 11 is 0. The number of esters is 1. The summed E-state index contributed by atoms with van der Waals surface area (Å²) in [4.78, 5) is 17.0. The molecule has 0 unspecified atom stereocenters. The Morgan fingerprint density at radius 2 is 1.86 bits per heavy atom. The smallest absolute Gasteiger partial charge is 0.338 e. The molecule has 0 saturated carbocycles. The third kappa shape index (κ3) is 4.72. The van der Waals surface area contributed by atoms with Crippen LogP contribution in [0.3, 0.4) is 0 Å². The lowest BCUT2D eigenvalue weighted by molar-refractivity contribution is 0.0465. The van der Waals surface area contributed by atoms with Crippen LogP contribution < -0.4 is 4.72 Å². The van der Waals surface area contributed by atoms with Crippen LogP contribution in [0.25, 0.3) is 11.5 Å². The summed E-state index contributed by atoms with van der Waals surface area (Å²) in [5.41, 5.74) is 2.14. The van der Waals surface area contributed by atoms with E-state index in [2.05, 4.69) is 9.71 Å². The lowest BCUT2D eigenvalue weighted by Gasteiger charge is -2.09. The average Bonchev–Trinajstić information content (AvgIpc) is 3.07. The van der Waals surface area contributed by atoms with Crippen LogP contribution in [0.2, 0.25) is 0 Å². The molecule has 3 aromatic rings. The van der Waals surface area contributed by atoms with Crippen molar-refractivity contribution in [2.24, 2.45) is 0 Å². The number of oxazole rings is 1. The van der Waals surface area contributed by atoms with E-state index >= 15 is 0 Å². The van der Waals surface area contributed by atoms with E-state index in [0.717, 1.165) is 5.56 Å². The number of carbonyl (C=O) groups excluding carboxylic acids is 1. The molecule has 0 saturated heterocycles. The second-order valence-corrected chi connectivity index (χ2v) is 8.21. The zero-order chi connectivity index (χ0) is 21.0. The van der Waals surface area contributed by atoms with E-state index in [-0.39, 0.29) is 23.6 Å². The van der Waals surface area contributed by atoms with Crippen LogP contribution in [-0.4, -0.2) is 25.9 Å². The molecule has 0 aliphatic heterocycles. The molecule has 29 heavy (non-hydrogen) atoms. The minimum atomic E-state index is -3.67. The van der Waals surface area contributed by atoms with E-state index in [1.807, 2.05) is 30.3 Å². The van der Waals surface area contributed by atoms with E-state index in [9.17, 15) is 13.2 Å². The van der Waals surface area contributed by atoms with Gasteiger partial charge in [-0.15, -0.1) is 0 Å². The van der Waals surface area contributed by atoms with Crippen LogP contribution >= 0.6 is 0 Å². The Morgan fingerprint density at radius 3 is 2.55 bits per heavy atom. The highest BCUT2D eigenvalue weighted by atomic mass is 32.2. The Kier molecular flexibility index (Phi) is 6.14. The van der Waals surface area contributed by atoms with Gasteiger partial charge in [-0.1, -0.05) is 31.2 Å². The molecule has 0 fully saturated rings. The Balaban J connectivity index is 1.77. The van der Waals surface area contributed by atoms with Gasteiger partial charge in [0.15, 0.2) is 0 Å². The number of aromatic nitrogens is 1. The van der Waals surface area contributed by atoms with Gasteiger partial charge in [0.05, 0.1) is 10.5 Å². The van der Waals surface area contributed by atoms with Crippen molar-refractivity contribution in [3.63, 3.8) is 0 Å². The van der Waals surface area contributed by atoms with Gasteiger partial charge in [0.2, 0.25) is 15.9 Å². The number of benzene rings is 2. The largest absolute Gasteiger partial charge is 0.455 e. The number of ether oxygens (including phenoxy) is 1. The van der Waals surface area contributed by atoms with E-state index in [0.29, 0.717) is 22.9 Å². The number of hydrogen-bond acceptors (Lipinski definition) is 6. The standard InChI is InChI=1S/C21H22N2O5S/c1-4-22-29(25,26)17-11-10-14(2)18(12-17)21(24)27-13-19-15(3)28-20(23-19)16-8-6-5-7-9-16/h5-12,22H,4,13H2,1-3H3. The molecule has 0 radical (unpaired) electrons. The number of aryl methyl sites for hydroxylation is 2. The van der Waals surface area contributed by atoms with Gasteiger partial charge in [0, 0.05) is 12.1 Å². The summed E-state index contributed by atoms with van der Waals surface area (Å²) in [6.07, 6.45) is 0. The number of nitrogens with one attached hydrogen (secondary N) is 1. The molecule has 8 heteroatoms. The Labute approximate surface area is 169 Å². The minimum Gasteiger partial charge on any atom is -0.455 e. The zero-order valence-corrected chi connectivity index (χ0v) is 17.2. The number of nitrogens with zero attached hydrogens (tertiary/aromatic N) is 1. The molecule has 0 bridgehead atoms. The Hall–Kier alpha value is -2.97. The van der Waals surface area contributed by atoms with Crippen LogP contribution in [0.5, 0.6) is 0 Å². The fourth-order valence-electron chi connectivity index (χ4n) is 2.74. The molecule has 1 aromatic heterocycles. The number of hydrogen-bond donors (Lipinski definition) is 1. The molecule has 1 N–H and O–H groups in total. The van der Waals surface area contributed by atoms with Gasteiger partial charge in [-0.05, 0) is 43.7 Å². The molecule has 3 rings (SSSR count). The van der Waals surface area contributed by atoms with Crippen molar-refractivity contribution in [1.82, 2.24) is 9.71 Å². The normalized spacial score (nSPS) is 11.4. The van der Waals surface area contributed by atoms with Crippen LogP contribution in [0.15, 0.2) is 57.8 Å². The second kappa shape index (κ2) is 8.59. The van der Waals surface area contributed by atoms with Crippen molar-refractivity contribution in [3.05, 3.63) is 71.1 Å². The van der Waals surface area contributed by atoms with Crippen LogP contribution in [0, 0.1) is 13.8 Å². The van der Waals surface area contributed by atoms with Crippen molar-refractivity contribution < 1.29 is 22.4 Å². The second-order valence-electron chi connectivity index (χ2n) is 6.44. The highest BCUT2D eigenvalue weighted by Crippen LogP contribution is 2.22. The van der Waals surface area contributed by atoms with E-state index < -0.39 is 16.0 Å². The monoisotopic (exact) mass is 414 g/mol. The first-order valence-corrected chi connectivity index (χ1v) is 10.6. The number of carbonyl (C=O) groups is 1. The molecule has 0 spiro atoms. The van der Waals surface area contributed by atoms with Gasteiger partial charge in [-0.25, -0.2) is 22.9 Å². The molecule has 0 aliphatic carbocycles. The molecule has 2 aromatic carbocycles. The average molecular weight is 414 g/mol. The van der Waals surface area contributed by atoms with Crippen molar-refractivity contribution in [2.45, 2.75) is 32.3 Å². The Morgan fingerprint density at radius 1 is 1.14 bits per heavy atom. The zero-order valence-electron chi connectivity index (χ0n) is 16.4. The third-order valence-corrected chi connectivity index (χ3v) is 5.87. The summed E-state index contributed by atoms with van der Waals surface area (Å²) in [5.74, 6) is 0.376. The predicted molar refractivity (Wildman–Crippen MR) is 108 cm³/mol. The van der Waals surface area contributed by atoms with Crippen LogP contribution in [-0.2, 0) is 21.4 Å². The summed E-state index contributed by atoms with van der Waals surface area (Å²) in [6, 6.07) is 13.8. The van der Waals surface area contributed by atoms with Gasteiger partial charge < -0.3 is 9.15 Å². The summed E-state index contributed by atoms with van der Waals surface area (Å²) < 4.78 is 37.8. The highest BCUT2D eigenvalue weighted by molar-refractivity contribution is 7.89. The maximum atomic E-state index is 12.6. The van der Waals surface area contributed by atoms with Crippen LogP contribution in [0.1, 0.15) is 34.3 Å². The first-order valence-electron chi connectivity index (χ1n) is 9.11. The number of rotatable bonds is 7. The lowest BCUT2D eigenvalue weighted by atomic mass is 10.1. The third-order valence-electron chi connectivity index (χ3n) is 4.33. The van der Waals surface area contributed by atoms with Crippen molar-refractivity contribution in [3.8, 4) is 11.5 Å². The first kappa shape index (κ1) is 20.8. The van der Waals surface area contributed by atoms with Gasteiger partial charge >= 0.3 is 5.97 Å². The van der Waals surface area contributed by atoms with Gasteiger partial charge in [-0.2, -0.15) is 0 Å². The predicted octanol–water partition coefficient (Wildman–Crippen LogP) is 3.61. The summed E-state index contributed by atoms with van der Waals surface area (Å²) in [5, 5.41) is 0. The van der Waals surface area contributed by atoms with Gasteiger partial charge in [0.1, 0.15) is 18.1 Å². The van der Waals surface area contributed by atoms with E-state index in [1.54, 1.807) is 26.8 Å². The molecular formula is C21H22N2O5S. The summed E-state index contributed by atoms with van der Waals surface area (Å²) in [7, 11) is -3.67. The lowest BCUT2D eigenvalue weighted by Crippen LogP contribution is -2.23. The van der Waals surface area contributed by atoms with Gasteiger partial charge in [-0.3, -0.25) is 0 Å². The topological polar surface area (TPSA) is 98.5 Å². The van der Waals surface area contributed by atoms with Crippen molar-refractivity contribution in [1.29, 1.82) is 0 Å². The molecular weight excluding hydrogens is 392 g/mol.